The smallest absolute Gasteiger partial charge is 0.170 e. The third-order valence-corrected chi connectivity index (χ3v) is 7.31. The van der Waals surface area contributed by atoms with Gasteiger partial charge in [-0.1, -0.05) is 29.8 Å². The van der Waals surface area contributed by atoms with Crippen LogP contribution in [-0.2, 0) is 4.74 Å². The molecule has 4 heterocycles. The second kappa shape index (κ2) is 10.4. The summed E-state index contributed by atoms with van der Waals surface area (Å²) in [7, 11) is 0. The number of hydrogen-bond donors (Lipinski definition) is 1. The maximum absolute atomic E-state index is 6.42. The molecule has 34 heavy (non-hydrogen) atoms. The Morgan fingerprint density at radius 2 is 1.97 bits per heavy atom. The van der Waals surface area contributed by atoms with Crippen molar-refractivity contribution in [1.29, 1.82) is 0 Å². The average molecular weight is 497 g/mol. The van der Waals surface area contributed by atoms with Crippen LogP contribution >= 0.6 is 23.8 Å². The summed E-state index contributed by atoms with van der Waals surface area (Å²) in [5.74, 6) is 1.66. The molecule has 0 aliphatic carbocycles. The molecule has 2 aliphatic heterocycles. The predicted molar refractivity (Wildman–Crippen MR) is 138 cm³/mol. The van der Waals surface area contributed by atoms with Crippen molar-refractivity contribution in [2.45, 2.75) is 25.4 Å². The standard InChI is InChI=1S/C26H29ClN4O2S/c1-18-6-7-19(17-20(18)27)22-8-9-23(33-22)25-24(21-5-2-3-10-28-21)29-26(34)31(25)12-4-11-30-13-15-32-16-14-30/h2-3,5-10,17,24-25H,4,11-16H2,1H3,(H,29,34)/t24-,25+/m1/s1. The Hall–Kier alpha value is -2.45. The van der Waals surface area contributed by atoms with Crippen molar-refractivity contribution >= 4 is 28.9 Å². The number of rotatable bonds is 7. The van der Waals surface area contributed by atoms with Crippen LogP contribution in [0.4, 0.5) is 0 Å². The van der Waals surface area contributed by atoms with Gasteiger partial charge in [-0.2, -0.15) is 0 Å². The zero-order valence-corrected chi connectivity index (χ0v) is 20.8. The van der Waals surface area contributed by atoms with Crippen molar-refractivity contribution in [3.63, 3.8) is 0 Å². The molecule has 6 nitrogen and oxygen atoms in total. The minimum Gasteiger partial charge on any atom is -0.459 e. The van der Waals surface area contributed by atoms with Gasteiger partial charge in [-0.3, -0.25) is 9.88 Å². The number of pyridine rings is 1. The molecule has 0 bridgehead atoms. The second-order valence-corrected chi connectivity index (χ2v) is 9.59. The Morgan fingerprint density at radius 3 is 2.74 bits per heavy atom. The van der Waals surface area contributed by atoms with E-state index < -0.39 is 0 Å². The quantitative estimate of drug-likeness (QED) is 0.462. The van der Waals surface area contributed by atoms with Crippen molar-refractivity contribution in [3.05, 3.63) is 76.8 Å². The molecular formula is C26H29ClN4O2S. The van der Waals surface area contributed by atoms with Gasteiger partial charge in [0.2, 0.25) is 0 Å². The average Bonchev–Trinajstić information content (AvgIpc) is 3.47. The summed E-state index contributed by atoms with van der Waals surface area (Å²) in [6, 6.07) is 15.9. The van der Waals surface area contributed by atoms with E-state index in [1.165, 1.54) is 0 Å². The van der Waals surface area contributed by atoms with Gasteiger partial charge in [0.25, 0.3) is 0 Å². The van der Waals surface area contributed by atoms with Crippen molar-refractivity contribution < 1.29 is 9.15 Å². The number of morpholine rings is 1. The summed E-state index contributed by atoms with van der Waals surface area (Å²) >= 11 is 12.2. The molecule has 2 atom stereocenters. The first-order chi connectivity index (χ1) is 16.6. The van der Waals surface area contributed by atoms with Gasteiger partial charge in [-0.15, -0.1) is 0 Å². The van der Waals surface area contributed by atoms with Crippen LogP contribution in [0.5, 0.6) is 0 Å². The lowest BCUT2D eigenvalue weighted by atomic mass is 10.0. The highest BCUT2D eigenvalue weighted by Crippen LogP contribution is 2.40. The second-order valence-electron chi connectivity index (χ2n) is 8.79. The van der Waals surface area contributed by atoms with E-state index in [4.69, 9.17) is 33.0 Å². The van der Waals surface area contributed by atoms with Gasteiger partial charge in [-0.25, -0.2) is 0 Å². The maximum Gasteiger partial charge on any atom is 0.170 e. The largest absolute Gasteiger partial charge is 0.459 e. The first-order valence-electron chi connectivity index (χ1n) is 11.7. The van der Waals surface area contributed by atoms with E-state index >= 15 is 0 Å². The van der Waals surface area contributed by atoms with Crippen LogP contribution < -0.4 is 5.32 Å². The van der Waals surface area contributed by atoms with Crippen LogP contribution in [0, 0.1) is 6.92 Å². The highest BCUT2D eigenvalue weighted by atomic mass is 35.5. The first-order valence-corrected chi connectivity index (χ1v) is 12.5. The molecule has 2 aromatic heterocycles. The van der Waals surface area contributed by atoms with E-state index in [-0.39, 0.29) is 12.1 Å². The van der Waals surface area contributed by atoms with Crippen LogP contribution in [0.3, 0.4) is 0 Å². The van der Waals surface area contributed by atoms with Gasteiger partial charge in [0.15, 0.2) is 5.11 Å². The van der Waals surface area contributed by atoms with Crippen LogP contribution in [0.25, 0.3) is 11.3 Å². The number of hydrogen-bond acceptors (Lipinski definition) is 5. The lowest BCUT2D eigenvalue weighted by Gasteiger charge is -2.29. The zero-order valence-electron chi connectivity index (χ0n) is 19.2. The number of nitrogens with zero attached hydrogens (tertiary/aromatic N) is 3. The van der Waals surface area contributed by atoms with Crippen LogP contribution in [0.1, 0.15) is 35.5 Å². The van der Waals surface area contributed by atoms with Crippen LogP contribution in [-0.4, -0.2) is 59.3 Å². The van der Waals surface area contributed by atoms with Gasteiger partial charge in [0, 0.05) is 43.0 Å². The van der Waals surface area contributed by atoms with Crippen molar-refractivity contribution in [3.8, 4) is 11.3 Å². The molecule has 0 unspecified atom stereocenters. The molecule has 178 valence electrons. The Morgan fingerprint density at radius 1 is 1.12 bits per heavy atom. The van der Waals surface area contributed by atoms with Crippen molar-refractivity contribution in [2.75, 3.05) is 39.4 Å². The summed E-state index contributed by atoms with van der Waals surface area (Å²) in [6.07, 6.45) is 2.83. The molecule has 2 fully saturated rings. The van der Waals surface area contributed by atoms with E-state index in [1.807, 2.05) is 61.7 Å². The fourth-order valence-electron chi connectivity index (χ4n) is 4.66. The highest BCUT2D eigenvalue weighted by Gasteiger charge is 2.41. The molecule has 3 aromatic rings. The summed E-state index contributed by atoms with van der Waals surface area (Å²) in [5, 5.41) is 4.97. The van der Waals surface area contributed by atoms with E-state index in [0.29, 0.717) is 0 Å². The van der Waals surface area contributed by atoms with Gasteiger partial charge >= 0.3 is 0 Å². The number of nitrogens with one attached hydrogen (secondary N) is 1. The van der Waals surface area contributed by atoms with Crippen molar-refractivity contribution in [2.24, 2.45) is 0 Å². The van der Waals surface area contributed by atoms with E-state index in [9.17, 15) is 0 Å². The fourth-order valence-corrected chi connectivity index (χ4v) is 5.17. The molecular weight excluding hydrogens is 468 g/mol. The molecule has 2 aliphatic rings. The number of furan rings is 1. The number of aromatic nitrogens is 1. The Bertz CT molecular complexity index is 1130. The molecule has 0 radical (unpaired) electrons. The monoisotopic (exact) mass is 496 g/mol. The number of ether oxygens (including phenoxy) is 1. The van der Waals surface area contributed by atoms with E-state index in [1.54, 1.807) is 0 Å². The number of aryl methyl sites for hydroxylation is 1. The lowest BCUT2D eigenvalue weighted by molar-refractivity contribution is 0.0365. The number of thiocarbonyl (C=S) groups is 1. The molecule has 1 aromatic carbocycles. The molecule has 8 heteroatoms. The fraction of sp³-hybridized carbons (Fsp3) is 0.385. The summed E-state index contributed by atoms with van der Waals surface area (Å²) in [5.41, 5.74) is 2.95. The third kappa shape index (κ3) is 4.98. The Balaban J connectivity index is 1.40. The minimum absolute atomic E-state index is 0.0817. The highest BCUT2D eigenvalue weighted by molar-refractivity contribution is 7.80. The van der Waals surface area contributed by atoms with Gasteiger partial charge in [0.05, 0.1) is 24.9 Å². The minimum atomic E-state index is -0.0855. The van der Waals surface area contributed by atoms with Crippen LogP contribution in [0.15, 0.2) is 59.1 Å². The summed E-state index contributed by atoms with van der Waals surface area (Å²) < 4.78 is 11.9. The topological polar surface area (TPSA) is 53.8 Å². The van der Waals surface area contributed by atoms with E-state index in [0.717, 1.165) is 84.3 Å². The van der Waals surface area contributed by atoms with Crippen molar-refractivity contribution in [1.82, 2.24) is 20.1 Å². The third-order valence-electron chi connectivity index (χ3n) is 6.55. The molecule has 0 amide bonds. The SMILES string of the molecule is Cc1ccc(-c2ccc([C@H]3[C@@H](c4ccccn4)NC(=S)N3CCCN3CCOCC3)o2)cc1Cl. The predicted octanol–water partition coefficient (Wildman–Crippen LogP) is 5.00. The van der Waals surface area contributed by atoms with Crippen LogP contribution in [0.2, 0.25) is 5.02 Å². The number of halogens is 1. The van der Waals surface area contributed by atoms with Gasteiger partial charge in [-0.05, 0) is 61.5 Å². The normalized spacial score (nSPS) is 21.1. The number of benzene rings is 1. The first kappa shape index (κ1) is 23.3. The molecule has 0 spiro atoms. The Kier molecular flexibility index (Phi) is 7.15. The van der Waals surface area contributed by atoms with Gasteiger partial charge in [0.1, 0.15) is 17.6 Å². The maximum atomic E-state index is 6.42. The zero-order chi connectivity index (χ0) is 23.5. The molecule has 5 rings (SSSR count). The lowest BCUT2D eigenvalue weighted by Crippen LogP contribution is -2.38. The van der Waals surface area contributed by atoms with E-state index in [2.05, 4.69) is 20.1 Å². The molecule has 0 saturated carbocycles. The van der Waals surface area contributed by atoms with Gasteiger partial charge < -0.3 is 19.4 Å². The summed E-state index contributed by atoms with van der Waals surface area (Å²) in [6.45, 7) is 7.46. The Labute approximate surface area is 210 Å². The molecule has 2 saturated heterocycles. The molecule has 1 N–H and O–H groups in total. The summed E-state index contributed by atoms with van der Waals surface area (Å²) in [4.78, 5) is 9.32.